The number of amides is 1. The summed E-state index contributed by atoms with van der Waals surface area (Å²) in [5, 5.41) is 11.7. The van der Waals surface area contributed by atoms with Crippen molar-refractivity contribution in [1.82, 2.24) is 9.62 Å². The van der Waals surface area contributed by atoms with Crippen LogP contribution in [0, 0.1) is 11.3 Å². The Morgan fingerprint density at radius 1 is 1.12 bits per heavy atom. The molecule has 1 aliphatic heterocycles. The van der Waals surface area contributed by atoms with Crippen molar-refractivity contribution in [2.24, 2.45) is 0 Å². The molecular weight excluding hydrogens is 350 g/mol. The largest absolute Gasteiger partial charge is 0.348 e. The highest BCUT2D eigenvalue weighted by atomic mass is 32.2. The lowest BCUT2D eigenvalue weighted by Crippen LogP contribution is -2.28. The van der Waals surface area contributed by atoms with Crippen LogP contribution in [0.25, 0.3) is 0 Å². The summed E-state index contributed by atoms with van der Waals surface area (Å²) in [4.78, 5) is 12.5. The van der Waals surface area contributed by atoms with Gasteiger partial charge in [0.15, 0.2) is 0 Å². The topological polar surface area (TPSA) is 90.3 Å². The molecule has 26 heavy (non-hydrogen) atoms. The van der Waals surface area contributed by atoms with Crippen LogP contribution in [0.1, 0.15) is 34.3 Å². The number of hydrogen-bond donors (Lipinski definition) is 1. The van der Waals surface area contributed by atoms with Gasteiger partial charge in [0.1, 0.15) is 0 Å². The number of nitrogens with one attached hydrogen (secondary N) is 1. The van der Waals surface area contributed by atoms with Gasteiger partial charge in [0, 0.05) is 25.2 Å². The molecule has 0 atom stereocenters. The third kappa shape index (κ3) is 3.93. The molecular formula is C19H19N3O3S. The summed E-state index contributed by atoms with van der Waals surface area (Å²) < 4.78 is 26.7. The van der Waals surface area contributed by atoms with E-state index in [0.29, 0.717) is 24.2 Å². The number of rotatable bonds is 5. The third-order valence-electron chi connectivity index (χ3n) is 4.31. The zero-order valence-electron chi connectivity index (χ0n) is 14.2. The van der Waals surface area contributed by atoms with Crippen molar-refractivity contribution in [3.8, 4) is 6.07 Å². The molecule has 0 aromatic heterocycles. The number of nitriles is 1. The predicted octanol–water partition coefficient (Wildman–Crippen LogP) is 2.27. The van der Waals surface area contributed by atoms with Crippen LogP contribution in [0.3, 0.4) is 0 Å². The van der Waals surface area contributed by atoms with Crippen LogP contribution >= 0.6 is 0 Å². The highest BCUT2D eigenvalue weighted by Crippen LogP contribution is 2.21. The Hall–Kier alpha value is -2.69. The Morgan fingerprint density at radius 2 is 1.85 bits per heavy atom. The van der Waals surface area contributed by atoms with Crippen LogP contribution in [0.4, 0.5) is 0 Å². The second-order valence-corrected chi connectivity index (χ2v) is 8.07. The van der Waals surface area contributed by atoms with E-state index in [1.807, 2.05) is 6.07 Å². The predicted molar refractivity (Wildman–Crippen MR) is 96.8 cm³/mol. The van der Waals surface area contributed by atoms with E-state index < -0.39 is 10.0 Å². The second-order valence-electron chi connectivity index (χ2n) is 6.13. The Kier molecular flexibility index (Phi) is 5.35. The van der Waals surface area contributed by atoms with E-state index in [4.69, 9.17) is 5.26 Å². The summed E-state index contributed by atoms with van der Waals surface area (Å²) in [6.45, 7) is 1.30. The molecule has 3 rings (SSSR count). The zero-order valence-corrected chi connectivity index (χ0v) is 15.0. The lowest BCUT2D eigenvalue weighted by Gasteiger charge is -2.16. The molecule has 0 aliphatic carbocycles. The van der Waals surface area contributed by atoms with Crippen LogP contribution < -0.4 is 5.32 Å². The van der Waals surface area contributed by atoms with Gasteiger partial charge >= 0.3 is 0 Å². The number of sulfonamides is 1. The summed E-state index contributed by atoms with van der Waals surface area (Å²) in [5.41, 5.74) is 1.62. The van der Waals surface area contributed by atoms with Crippen LogP contribution in [-0.4, -0.2) is 31.7 Å². The Balaban J connectivity index is 1.73. The minimum absolute atomic E-state index is 0.138. The fraction of sp³-hybridized carbons (Fsp3) is 0.263. The normalized spacial score (nSPS) is 14.7. The molecule has 1 amide bonds. The standard InChI is InChI=1S/C19H19N3O3S/c20-13-15-5-3-6-16(11-15)14-21-19(23)17-7-4-8-18(12-17)26(24,25)22-9-1-2-10-22/h3-8,11-12H,1-2,9-10,14H2,(H,21,23). The van der Waals surface area contributed by atoms with E-state index in [2.05, 4.69) is 11.4 Å². The van der Waals surface area contributed by atoms with Gasteiger partial charge < -0.3 is 5.32 Å². The summed E-state index contributed by atoms with van der Waals surface area (Å²) in [6, 6.07) is 15.1. The van der Waals surface area contributed by atoms with Gasteiger partial charge in [0.2, 0.25) is 10.0 Å². The monoisotopic (exact) mass is 369 g/mol. The number of carbonyl (C=O) groups excluding carboxylic acids is 1. The first-order valence-corrected chi connectivity index (χ1v) is 9.82. The van der Waals surface area contributed by atoms with Crippen LogP contribution in [-0.2, 0) is 16.6 Å². The molecule has 1 aliphatic rings. The van der Waals surface area contributed by atoms with Gasteiger partial charge in [-0.2, -0.15) is 9.57 Å². The van der Waals surface area contributed by atoms with E-state index in [1.165, 1.54) is 16.4 Å². The van der Waals surface area contributed by atoms with Crippen molar-refractivity contribution in [2.45, 2.75) is 24.3 Å². The highest BCUT2D eigenvalue weighted by Gasteiger charge is 2.27. The third-order valence-corrected chi connectivity index (χ3v) is 6.20. The van der Waals surface area contributed by atoms with Crippen molar-refractivity contribution >= 4 is 15.9 Å². The van der Waals surface area contributed by atoms with Crippen molar-refractivity contribution in [3.63, 3.8) is 0 Å². The van der Waals surface area contributed by atoms with E-state index in [-0.39, 0.29) is 17.3 Å². The van der Waals surface area contributed by atoms with Crippen LogP contribution in [0.5, 0.6) is 0 Å². The van der Waals surface area contributed by atoms with E-state index in [1.54, 1.807) is 30.3 Å². The molecule has 0 spiro atoms. The van der Waals surface area contributed by atoms with Crippen molar-refractivity contribution in [3.05, 3.63) is 65.2 Å². The first-order valence-electron chi connectivity index (χ1n) is 8.38. The minimum Gasteiger partial charge on any atom is -0.348 e. The van der Waals surface area contributed by atoms with Gasteiger partial charge in [-0.25, -0.2) is 8.42 Å². The average Bonchev–Trinajstić information content (AvgIpc) is 3.22. The molecule has 6 nitrogen and oxygen atoms in total. The molecule has 7 heteroatoms. The number of benzene rings is 2. The van der Waals surface area contributed by atoms with Crippen LogP contribution in [0.2, 0.25) is 0 Å². The molecule has 1 saturated heterocycles. The molecule has 0 bridgehead atoms. The molecule has 1 N–H and O–H groups in total. The maximum atomic E-state index is 12.6. The molecule has 134 valence electrons. The summed E-state index contributed by atoms with van der Waals surface area (Å²) in [7, 11) is -3.55. The Bertz CT molecular complexity index is 958. The van der Waals surface area contributed by atoms with E-state index >= 15 is 0 Å². The lowest BCUT2D eigenvalue weighted by molar-refractivity contribution is 0.0950. The summed E-state index contributed by atoms with van der Waals surface area (Å²) in [6.07, 6.45) is 1.72. The Labute approximate surface area is 153 Å². The van der Waals surface area contributed by atoms with E-state index in [9.17, 15) is 13.2 Å². The quantitative estimate of drug-likeness (QED) is 0.875. The molecule has 2 aromatic rings. The first-order chi connectivity index (χ1) is 12.5. The maximum Gasteiger partial charge on any atom is 0.251 e. The number of hydrogen-bond acceptors (Lipinski definition) is 4. The summed E-state index contributed by atoms with van der Waals surface area (Å²) >= 11 is 0. The van der Waals surface area contributed by atoms with Gasteiger partial charge in [-0.1, -0.05) is 18.2 Å². The van der Waals surface area contributed by atoms with Gasteiger partial charge in [-0.3, -0.25) is 4.79 Å². The van der Waals surface area contributed by atoms with Gasteiger partial charge in [0.05, 0.1) is 16.5 Å². The number of nitrogens with zero attached hydrogens (tertiary/aromatic N) is 2. The SMILES string of the molecule is N#Cc1cccc(CNC(=O)c2cccc(S(=O)(=O)N3CCCC3)c2)c1. The van der Waals surface area contributed by atoms with E-state index in [0.717, 1.165) is 18.4 Å². The summed E-state index contributed by atoms with van der Waals surface area (Å²) in [5.74, 6) is -0.356. The van der Waals surface area contributed by atoms with Crippen molar-refractivity contribution < 1.29 is 13.2 Å². The smallest absolute Gasteiger partial charge is 0.251 e. The van der Waals surface area contributed by atoms with Crippen molar-refractivity contribution in [2.75, 3.05) is 13.1 Å². The fourth-order valence-corrected chi connectivity index (χ4v) is 4.47. The molecule has 1 fully saturated rings. The zero-order chi connectivity index (χ0) is 18.6. The molecule has 0 radical (unpaired) electrons. The van der Waals surface area contributed by atoms with Crippen molar-refractivity contribution in [1.29, 1.82) is 5.26 Å². The molecule has 1 heterocycles. The number of carbonyl (C=O) groups is 1. The second kappa shape index (κ2) is 7.68. The highest BCUT2D eigenvalue weighted by molar-refractivity contribution is 7.89. The lowest BCUT2D eigenvalue weighted by atomic mass is 10.1. The molecule has 2 aromatic carbocycles. The maximum absolute atomic E-state index is 12.6. The minimum atomic E-state index is -3.55. The molecule has 0 unspecified atom stereocenters. The molecule has 0 saturated carbocycles. The van der Waals surface area contributed by atoms with Crippen LogP contribution in [0.15, 0.2) is 53.4 Å². The Morgan fingerprint density at radius 3 is 2.58 bits per heavy atom. The average molecular weight is 369 g/mol. The fourth-order valence-electron chi connectivity index (χ4n) is 2.91. The first kappa shape index (κ1) is 18.1. The van der Waals surface area contributed by atoms with Gasteiger partial charge in [-0.15, -0.1) is 0 Å². The van der Waals surface area contributed by atoms with Gasteiger partial charge in [-0.05, 0) is 48.7 Å². The van der Waals surface area contributed by atoms with Gasteiger partial charge in [0.25, 0.3) is 5.91 Å².